The van der Waals surface area contributed by atoms with Gasteiger partial charge in [-0.05, 0) is 70.5 Å². The Kier molecular flexibility index (Phi) is 4.89. The third kappa shape index (κ3) is 3.71. The van der Waals surface area contributed by atoms with Crippen LogP contribution in [0.15, 0.2) is 60.0 Å². The molecule has 3 aromatic heterocycles. The zero-order chi connectivity index (χ0) is 22.5. The molecule has 8 heteroatoms. The molecule has 0 radical (unpaired) electrons. The van der Waals surface area contributed by atoms with E-state index >= 15 is 0 Å². The lowest BCUT2D eigenvalue weighted by molar-refractivity contribution is 0.0951. The Bertz CT molecular complexity index is 1440. The molecule has 1 unspecified atom stereocenters. The second-order valence-electron chi connectivity index (χ2n) is 8.26. The Morgan fingerprint density at radius 1 is 1.22 bits per heavy atom. The van der Waals surface area contributed by atoms with Crippen molar-refractivity contribution in [3.05, 3.63) is 66.2 Å². The van der Waals surface area contributed by atoms with Crippen LogP contribution >= 0.6 is 0 Å². The van der Waals surface area contributed by atoms with Crippen molar-refractivity contribution in [1.82, 2.24) is 24.5 Å². The smallest absolute Gasteiger partial charge is 0.251 e. The molecular weight excluding hydrogens is 422 g/mol. The van der Waals surface area contributed by atoms with Gasteiger partial charge in [0.2, 0.25) is 0 Å². The second-order valence-corrected chi connectivity index (χ2v) is 10.9. The normalized spacial score (nSPS) is 15.6. The fraction of sp³-hybridized carbons (Fsp3) is 0.250. The van der Waals surface area contributed by atoms with Crippen LogP contribution < -0.4 is 5.32 Å². The quantitative estimate of drug-likeness (QED) is 0.459. The predicted molar refractivity (Wildman–Crippen MR) is 127 cm³/mol. The van der Waals surface area contributed by atoms with E-state index in [-0.39, 0.29) is 5.91 Å². The molecule has 0 bridgehead atoms. The molecule has 7 nitrogen and oxygen atoms in total. The molecule has 1 aromatic carbocycles. The number of rotatable bonds is 6. The molecule has 1 N–H and O–H groups in total. The molecule has 32 heavy (non-hydrogen) atoms. The van der Waals surface area contributed by atoms with Gasteiger partial charge in [0, 0.05) is 40.2 Å². The summed E-state index contributed by atoms with van der Waals surface area (Å²) in [6, 6.07) is 9.72. The maximum Gasteiger partial charge on any atom is 0.251 e. The van der Waals surface area contributed by atoms with E-state index in [9.17, 15) is 9.00 Å². The van der Waals surface area contributed by atoms with Crippen molar-refractivity contribution in [2.45, 2.75) is 37.6 Å². The summed E-state index contributed by atoms with van der Waals surface area (Å²) >= 11 is 0. The molecule has 0 spiro atoms. The Morgan fingerprint density at radius 2 is 2.03 bits per heavy atom. The number of carbonyl (C=O) groups is 1. The Hall–Kier alpha value is -3.39. The summed E-state index contributed by atoms with van der Waals surface area (Å²) in [7, 11) is -2.34. The number of aromatic nitrogens is 4. The third-order valence-electron chi connectivity index (χ3n) is 5.90. The Labute approximate surface area is 187 Å². The van der Waals surface area contributed by atoms with Gasteiger partial charge in [0.05, 0.1) is 12.4 Å². The Morgan fingerprint density at radius 3 is 2.78 bits per heavy atom. The van der Waals surface area contributed by atoms with E-state index < -0.39 is 9.52 Å². The van der Waals surface area contributed by atoms with Gasteiger partial charge in [0.1, 0.15) is 5.65 Å². The van der Waals surface area contributed by atoms with E-state index in [1.165, 1.54) is 0 Å². The first kappa shape index (κ1) is 20.5. The first-order chi connectivity index (χ1) is 15.4. The maximum absolute atomic E-state index is 12.8. The number of carbonyl (C=O) groups excluding carboxylic acids is 1. The van der Waals surface area contributed by atoms with Gasteiger partial charge in [-0.3, -0.25) is 13.4 Å². The average molecular weight is 448 g/mol. The topological polar surface area (TPSA) is 81.3 Å². The molecule has 1 amide bonds. The number of hydrogen-bond acceptors (Lipinski definition) is 4. The van der Waals surface area contributed by atoms with Gasteiger partial charge in [0.15, 0.2) is 5.82 Å². The van der Waals surface area contributed by atoms with Crippen molar-refractivity contribution in [1.29, 1.82) is 0 Å². The van der Waals surface area contributed by atoms with Crippen molar-refractivity contribution in [2.75, 3.05) is 5.75 Å². The molecule has 1 fully saturated rings. The minimum atomic E-state index is -2.34. The second kappa shape index (κ2) is 7.63. The van der Waals surface area contributed by atoms with E-state index in [1.807, 2.05) is 61.0 Å². The van der Waals surface area contributed by atoms with Crippen LogP contribution in [0.3, 0.4) is 0 Å². The average Bonchev–Trinajstić information content (AvgIpc) is 3.30. The molecule has 1 aliphatic rings. The largest absolute Gasteiger partial charge is 0.349 e. The molecule has 1 atom stereocenters. The third-order valence-corrected chi connectivity index (χ3v) is 7.93. The summed E-state index contributed by atoms with van der Waals surface area (Å²) in [4.78, 5) is 17.6. The molecule has 4 aromatic rings. The highest BCUT2D eigenvalue weighted by atomic mass is 32.2. The molecule has 1 aliphatic carbocycles. The highest BCUT2D eigenvalue weighted by Gasteiger charge is 2.24. The fourth-order valence-electron chi connectivity index (χ4n) is 3.66. The molecule has 5 rings (SSSR count). The molecule has 1 saturated carbocycles. The van der Waals surface area contributed by atoms with Crippen molar-refractivity contribution in [2.24, 2.45) is 0 Å². The summed E-state index contributed by atoms with van der Waals surface area (Å²) in [5.74, 6) is 5.06. The minimum absolute atomic E-state index is 0.0387. The van der Waals surface area contributed by atoms with Crippen molar-refractivity contribution < 1.29 is 9.00 Å². The van der Waals surface area contributed by atoms with Crippen LogP contribution in [0.1, 0.15) is 35.7 Å². The highest BCUT2D eigenvalue weighted by Crippen LogP contribution is 2.27. The predicted octanol–water partition coefficient (Wildman–Crippen LogP) is 3.48. The number of imidazole rings is 1. The monoisotopic (exact) mass is 447 g/mol. The van der Waals surface area contributed by atoms with E-state index in [0.717, 1.165) is 41.0 Å². The lowest BCUT2D eigenvalue weighted by Gasteiger charge is -2.09. The van der Waals surface area contributed by atoms with Crippen LogP contribution in [0.5, 0.6) is 0 Å². The molecular formula is C24H25N5O2S. The summed E-state index contributed by atoms with van der Waals surface area (Å²) in [5.41, 5.74) is 4.31. The number of nitrogens with one attached hydrogen (secondary N) is 1. The summed E-state index contributed by atoms with van der Waals surface area (Å²) in [5, 5.41) is 7.58. The minimum Gasteiger partial charge on any atom is -0.349 e. The maximum atomic E-state index is 12.8. The van der Waals surface area contributed by atoms with Crippen LogP contribution in [0.2, 0.25) is 0 Å². The van der Waals surface area contributed by atoms with E-state index in [0.29, 0.717) is 22.3 Å². The molecule has 0 saturated heterocycles. The SMILES string of the molecule is C=S(=O)(CC)c1ccc2ncc(-n3cc(-c4cc(C(=O)NC5CC5)ccc4C)cn3)n2c1. The number of benzene rings is 1. The lowest BCUT2D eigenvalue weighted by atomic mass is 10.0. The van der Waals surface area contributed by atoms with Crippen LogP contribution in [0.4, 0.5) is 0 Å². The zero-order valence-corrected chi connectivity index (χ0v) is 18.9. The highest BCUT2D eigenvalue weighted by molar-refractivity contribution is 8.00. The van der Waals surface area contributed by atoms with Gasteiger partial charge < -0.3 is 5.32 Å². The molecule has 0 aliphatic heterocycles. The van der Waals surface area contributed by atoms with Gasteiger partial charge in [-0.15, -0.1) is 0 Å². The summed E-state index contributed by atoms with van der Waals surface area (Å²) < 4.78 is 16.4. The number of nitrogens with zero attached hydrogens (tertiary/aromatic N) is 4. The van der Waals surface area contributed by atoms with E-state index in [2.05, 4.69) is 21.3 Å². The van der Waals surface area contributed by atoms with Crippen molar-refractivity contribution in [3.63, 3.8) is 0 Å². The molecule has 3 heterocycles. The van der Waals surface area contributed by atoms with Gasteiger partial charge >= 0.3 is 0 Å². The van der Waals surface area contributed by atoms with E-state index in [4.69, 9.17) is 0 Å². The lowest BCUT2D eigenvalue weighted by Crippen LogP contribution is -2.25. The van der Waals surface area contributed by atoms with Crippen LogP contribution in [-0.2, 0) is 9.52 Å². The van der Waals surface area contributed by atoms with Gasteiger partial charge in [-0.25, -0.2) is 9.67 Å². The van der Waals surface area contributed by atoms with Crippen molar-refractivity contribution in [3.8, 4) is 16.9 Å². The van der Waals surface area contributed by atoms with Crippen molar-refractivity contribution >= 4 is 26.9 Å². The van der Waals surface area contributed by atoms with Gasteiger partial charge in [-0.1, -0.05) is 13.0 Å². The number of pyridine rings is 1. The number of fused-ring (bicyclic) bond motifs is 1. The standard InChI is InChI=1S/C24H25N5O2S/c1-4-32(3,31)20-9-10-22-25-13-23(28(22)15-20)29-14-18(12-26-29)21-11-17(6-5-16(21)2)24(30)27-19-7-8-19/h5-6,9-15,19H,3-4,7-8H2,1-2H3,(H,27,30). The summed E-state index contributed by atoms with van der Waals surface area (Å²) in [6.07, 6.45) is 9.37. The summed E-state index contributed by atoms with van der Waals surface area (Å²) in [6.45, 7) is 3.89. The van der Waals surface area contributed by atoms with Gasteiger partial charge in [-0.2, -0.15) is 5.10 Å². The number of aryl methyl sites for hydroxylation is 1. The first-order valence-electron chi connectivity index (χ1n) is 10.6. The van der Waals surface area contributed by atoms with Crippen LogP contribution in [0, 0.1) is 6.92 Å². The number of hydrogen-bond donors (Lipinski definition) is 1. The molecule has 164 valence electrons. The Balaban J connectivity index is 1.52. The fourth-order valence-corrected chi connectivity index (χ4v) is 4.61. The van der Waals surface area contributed by atoms with Crippen LogP contribution in [-0.4, -0.2) is 46.9 Å². The zero-order valence-electron chi connectivity index (χ0n) is 18.1. The number of amides is 1. The van der Waals surface area contributed by atoms with Gasteiger partial charge in [0.25, 0.3) is 5.91 Å². The van der Waals surface area contributed by atoms with E-state index in [1.54, 1.807) is 17.1 Å². The van der Waals surface area contributed by atoms with Crippen LogP contribution in [0.25, 0.3) is 22.6 Å². The first-order valence-corrected chi connectivity index (χ1v) is 12.5.